The zero-order valence-electron chi connectivity index (χ0n) is 19.3. The van der Waals surface area contributed by atoms with E-state index in [1.807, 2.05) is 4.90 Å². The van der Waals surface area contributed by atoms with E-state index >= 15 is 0 Å². The summed E-state index contributed by atoms with van der Waals surface area (Å²) in [5, 5.41) is 5.91. The minimum atomic E-state index is -0.167. The average Bonchev–Trinajstić information content (AvgIpc) is 2.64. The van der Waals surface area contributed by atoms with Crippen LogP contribution in [0.5, 0.6) is 0 Å². The molecule has 1 unspecified atom stereocenters. The summed E-state index contributed by atoms with van der Waals surface area (Å²) in [6, 6.07) is -0.167. The number of piperidine rings is 1. The molecule has 0 aromatic rings. The summed E-state index contributed by atoms with van der Waals surface area (Å²) in [5.41, 5.74) is 0. The van der Waals surface area contributed by atoms with Gasteiger partial charge in [-0.05, 0) is 37.0 Å². The van der Waals surface area contributed by atoms with Crippen molar-refractivity contribution in [1.29, 1.82) is 0 Å². The van der Waals surface area contributed by atoms with Crippen molar-refractivity contribution < 1.29 is 14.4 Å². The SMILES string of the molecule is CC(C)C.CNC(=O)CC1CCN(C(=O)CN2CCNC(CC(C)C)C2=O)CC1. The highest BCUT2D eigenvalue weighted by atomic mass is 16.2. The topological polar surface area (TPSA) is 81.8 Å². The first-order valence-electron chi connectivity index (χ1n) is 11.1. The van der Waals surface area contributed by atoms with Gasteiger partial charge in [-0.15, -0.1) is 0 Å². The molecule has 1 atom stereocenters. The van der Waals surface area contributed by atoms with E-state index in [9.17, 15) is 14.4 Å². The molecule has 0 saturated carbocycles. The van der Waals surface area contributed by atoms with E-state index in [2.05, 4.69) is 45.3 Å². The van der Waals surface area contributed by atoms with Crippen LogP contribution in [0.1, 0.15) is 60.3 Å². The van der Waals surface area contributed by atoms with Crippen LogP contribution in [0.4, 0.5) is 0 Å². The van der Waals surface area contributed by atoms with E-state index in [-0.39, 0.29) is 30.3 Å². The highest BCUT2D eigenvalue weighted by Crippen LogP contribution is 2.21. The number of rotatable bonds is 6. The van der Waals surface area contributed by atoms with Gasteiger partial charge < -0.3 is 20.4 Å². The Kier molecular flexibility index (Phi) is 11.2. The molecule has 2 saturated heterocycles. The van der Waals surface area contributed by atoms with Crippen LogP contribution in [0.15, 0.2) is 0 Å². The predicted molar refractivity (Wildman–Crippen MR) is 116 cm³/mol. The third-order valence-electron chi connectivity index (χ3n) is 5.14. The van der Waals surface area contributed by atoms with Crippen molar-refractivity contribution in [1.82, 2.24) is 20.4 Å². The lowest BCUT2D eigenvalue weighted by Crippen LogP contribution is -2.57. The summed E-state index contributed by atoms with van der Waals surface area (Å²) in [5.74, 6) is 1.75. The molecule has 0 spiro atoms. The molecule has 7 nitrogen and oxygen atoms in total. The summed E-state index contributed by atoms with van der Waals surface area (Å²) in [4.78, 5) is 40.1. The Morgan fingerprint density at radius 3 is 2.21 bits per heavy atom. The molecule has 0 aliphatic carbocycles. The number of carbonyl (C=O) groups is 3. The monoisotopic (exact) mass is 410 g/mol. The van der Waals surface area contributed by atoms with Gasteiger partial charge in [-0.25, -0.2) is 0 Å². The molecule has 2 aliphatic rings. The Morgan fingerprint density at radius 1 is 1.10 bits per heavy atom. The van der Waals surface area contributed by atoms with Gasteiger partial charge in [-0.1, -0.05) is 34.6 Å². The summed E-state index contributed by atoms with van der Waals surface area (Å²) >= 11 is 0. The molecular weight excluding hydrogens is 368 g/mol. The van der Waals surface area contributed by atoms with Gasteiger partial charge in [0.1, 0.15) is 0 Å². The molecule has 0 bridgehead atoms. The van der Waals surface area contributed by atoms with Crippen LogP contribution in [-0.4, -0.2) is 73.3 Å². The third kappa shape index (κ3) is 9.61. The number of carbonyl (C=O) groups excluding carboxylic acids is 3. The molecule has 0 aromatic carbocycles. The van der Waals surface area contributed by atoms with Crippen LogP contribution in [0.2, 0.25) is 0 Å². The minimum absolute atomic E-state index is 0.0249. The summed E-state index contributed by atoms with van der Waals surface area (Å²) in [6.45, 7) is 13.6. The van der Waals surface area contributed by atoms with E-state index in [1.165, 1.54) is 0 Å². The largest absolute Gasteiger partial charge is 0.359 e. The molecule has 2 aliphatic heterocycles. The lowest BCUT2D eigenvalue weighted by Gasteiger charge is -2.36. The van der Waals surface area contributed by atoms with Crippen LogP contribution in [0.3, 0.4) is 0 Å². The smallest absolute Gasteiger partial charge is 0.242 e. The number of nitrogens with one attached hydrogen (secondary N) is 2. The van der Waals surface area contributed by atoms with Crippen molar-refractivity contribution >= 4 is 17.7 Å². The maximum Gasteiger partial charge on any atom is 0.242 e. The zero-order chi connectivity index (χ0) is 22.0. The van der Waals surface area contributed by atoms with Crippen molar-refractivity contribution in [3.63, 3.8) is 0 Å². The second-order valence-electron chi connectivity index (χ2n) is 9.33. The summed E-state index contributed by atoms with van der Waals surface area (Å²) in [7, 11) is 1.65. The molecule has 2 fully saturated rings. The molecule has 2 rings (SSSR count). The molecule has 168 valence electrons. The normalized spacial score (nSPS) is 20.6. The van der Waals surface area contributed by atoms with Gasteiger partial charge in [0, 0.05) is 39.6 Å². The first kappa shape index (κ1) is 25.4. The fourth-order valence-electron chi connectivity index (χ4n) is 3.62. The number of hydrogen-bond donors (Lipinski definition) is 2. The van der Waals surface area contributed by atoms with Gasteiger partial charge in [0.25, 0.3) is 0 Å². The molecule has 29 heavy (non-hydrogen) atoms. The van der Waals surface area contributed by atoms with Gasteiger partial charge >= 0.3 is 0 Å². The van der Waals surface area contributed by atoms with Crippen molar-refractivity contribution in [2.75, 3.05) is 39.8 Å². The van der Waals surface area contributed by atoms with Crippen LogP contribution < -0.4 is 10.6 Å². The van der Waals surface area contributed by atoms with Crippen molar-refractivity contribution in [3.05, 3.63) is 0 Å². The lowest BCUT2D eigenvalue weighted by molar-refractivity contribution is -0.144. The average molecular weight is 411 g/mol. The Hall–Kier alpha value is -1.63. The van der Waals surface area contributed by atoms with Crippen LogP contribution in [0.25, 0.3) is 0 Å². The van der Waals surface area contributed by atoms with Crippen molar-refractivity contribution in [2.24, 2.45) is 17.8 Å². The number of hydrogen-bond acceptors (Lipinski definition) is 4. The fourth-order valence-corrected chi connectivity index (χ4v) is 3.62. The first-order chi connectivity index (χ1) is 13.6. The zero-order valence-corrected chi connectivity index (χ0v) is 19.3. The molecule has 0 radical (unpaired) electrons. The lowest BCUT2D eigenvalue weighted by atomic mass is 9.93. The molecule has 2 heterocycles. The number of piperazine rings is 1. The van der Waals surface area contributed by atoms with Crippen LogP contribution >= 0.6 is 0 Å². The number of nitrogens with zero attached hydrogens (tertiary/aromatic N) is 2. The quantitative estimate of drug-likeness (QED) is 0.700. The van der Waals surface area contributed by atoms with Gasteiger partial charge in [0.15, 0.2) is 0 Å². The predicted octanol–water partition coefficient (Wildman–Crippen LogP) is 1.87. The molecular formula is C22H42N4O3. The number of amides is 3. The van der Waals surface area contributed by atoms with E-state index in [0.717, 1.165) is 31.7 Å². The minimum Gasteiger partial charge on any atom is -0.359 e. The highest BCUT2D eigenvalue weighted by molar-refractivity contribution is 5.88. The van der Waals surface area contributed by atoms with Gasteiger partial charge in [-0.3, -0.25) is 14.4 Å². The Balaban J connectivity index is 0.000000960. The van der Waals surface area contributed by atoms with Crippen LogP contribution in [-0.2, 0) is 14.4 Å². The number of likely N-dealkylation sites (tertiary alicyclic amines) is 1. The first-order valence-corrected chi connectivity index (χ1v) is 11.1. The summed E-state index contributed by atoms with van der Waals surface area (Å²) < 4.78 is 0. The summed E-state index contributed by atoms with van der Waals surface area (Å²) in [6.07, 6.45) is 3.04. The maximum atomic E-state index is 12.6. The van der Waals surface area contributed by atoms with Gasteiger partial charge in [0.05, 0.1) is 12.6 Å². The van der Waals surface area contributed by atoms with Gasteiger partial charge in [0.2, 0.25) is 17.7 Å². The maximum absolute atomic E-state index is 12.6. The Labute approximate surface area is 177 Å². The Bertz CT molecular complexity index is 525. The van der Waals surface area contributed by atoms with E-state index in [4.69, 9.17) is 0 Å². The van der Waals surface area contributed by atoms with Crippen LogP contribution in [0, 0.1) is 17.8 Å². The third-order valence-corrected chi connectivity index (χ3v) is 5.14. The van der Waals surface area contributed by atoms with Crippen molar-refractivity contribution in [2.45, 2.75) is 66.3 Å². The highest BCUT2D eigenvalue weighted by Gasteiger charge is 2.32. The van der Waals surface area contributed by atoms with E-state index in [1.54, 1.807) is 11.9 Å². The molecule has 7 heteroatoms. The second kappa shape index (κ2) is 12.8. The van der Waals surface area contributed by atoms with E-state index in [0.29, 0.717) is 37.9 Å². The van der Waals surface area contributed by atoms with Crippen molar-refractivity contribution in [3.8, 4) is 0 Å². The molecule has 2 N–H and O–H groups in total. The Morgan fingerprint density at radius 2 is 1.69 bits per heavy atom. The standard InChI is InChI=1S/C18H32N4O3.C4H10/c1-13(2)10-15-18(25)22(9-6-20-15)12-17(24)21-7-4-14(5-8-21)11-16(23)19-3;1-4(2)3/h13-15,20H,4-12H2,1-3H3,(H,19,23);4H,1-3H3. The molecule has 3 amide bonds. The second-order valence-corrected chi connectivity index (χ2v) is 9.33. The molecule has 0 aromatic heterocycles. The van der Waals surface area contributed by atoms with Gasteiger partial charge in [-0.2, -0.15) is 0 Å². The fraction of sp³-hybridized carbons (Fsp3) is 0.864. The van der Waals surface area contributed by atoms with E-state index < -0.39 is 0 Å².